The van der Waals surface area contributed by atoms with Gasteiger partial charge in [-0.05, 0) is 0 Å². The van der Waals surface area contributed by atoms with Crippen molar-refractivity contribution in [3.63, 3.8) is 0 Å². The van der Waals surface area contributed by atoms with Gasteiger partial charge in [-0.25, -0.2) is 0 Å². The topological polar surface area (TPSA) is 23.8 Å². The van der Waals surface area contributed by atoms with Crippen LogP contribution < -0.4 is 0 Å². The summed E-state index contributed by atoms with van der Waals surface area (Å²) in [6.07, 6.45) is 4.65. The summed E-state index contributed by atoms with van der Waals surface area (Å²) in [4.78, 5) is 2.31. The standard InChI is InChI=1S/C13H8Cl2INSe/c14-10-3-1-9(2-4-10)12-6-5-11(15)7-13(12,16)18-8-17/h1-6H,7H2. The van der Waals surface area contributed by atoms with Crippen LogP contribution in [0, 0.1) is 10.2 Å². The van der Waals surface area contributed by atoms with Crippen LogP contribution >= 0.6 is 45.8 Å². The number of hydrogen-bond acceptors (Lipinski definition) is 1. The SMILES string of the molecule is N#C[Se]C1(I)CC(Cl)=CC=C1c1ccc(Cl)cc1. The molecule has 0 heterocycles. The van der Waals surface area contributed by atoms with Crippen LogP contribution in [0.25, 0.3) is 5.57 Å². The number of alkyl halides is 1. The van der Waals surface area contributed by atoms with Crippen molar-refractivity contribution in [2.24, 2.45) is 0 Å². The van der Waals surface area contributed by atoms with Crippen LogP contribution in [0.15, 0.2) is 41.4 Å². The second kappa shape index (κ2) is 5.98. The Morgan fingerprint density at radius 1 is 1.22 bits per heavy atom. The van der Waals surface area contributed by atoms with Crippen molar-refractivity contribution in [1.29, 1.82) is 5.26 Å². The second-order valence-electron chi connectivity index (χ2n) is 3.80. The molecule has 18 heavy (non-hydrogen) atoms. The molecule has 92 valence electrons. The van der Waals surface area contributed by atoms with E-state index in [4.69, 9.17) is 28.5 Å². The van der Waals surface area contributed by atoms with Gasteiger partial charge in [0, 0.05) is 0 Å². The molecule has 0 fully saturated rings. The van der Waals surface area contributed by atoms with E-state index in [0.717, 1.165) is 22.6 Å². The Bertz CT molecular complexity index is 559. The Balaban J connectivity index is 2.45. The van der Waals surface area contributed by atoms with Gasteiger partial charge in [0.25, 0.3) is 0 Å². The molecule has 0 radical (unpaired) electrons. The van der Waals surface area contributed by atoms with Crippen molar-refractivity contribution < 1.29 is 0 Å². The molecule has 1 aliphatic carbocycles. The zero-order valence-electron chi connectivity index (χ0n) is 9.16. The molecule has 0 aromatic heterocycles. The van der Waals surface area contributed by atoms with E-state index in [0.29, 0.717) is 5.02 Å². The first-order chi connectivity index (χ1) is 8.55. The van der Waals surface area contributed by atoms with Gasteiger partial charge in [-0.3, -0.25) is 0 Å². The normalized spacial score (nSPS) is 23.0. The molecule has 1 unspecified atom stereocenters. The predicted molar refractivity (Wildman–Crippen MR) is 86.1 cm³/mol. The van der Waals surface area contributed by atoms with Gasteiger partial charge in [-0.15, -0.1) is 0 Å². The van der Waals surface area contributed by atoms with E-state index >= 15 is 0 Å². The van der Waals surface area contributed by atoms with Gasteiger partial charge in [0.05, 0.1) is 0 Å². The first-order valence-corrected chi connectivity index (χ1v) is 8.69. The fraction of sp³-hybridized carbons (Fsp3) is 0.154. The Labute approximate surface area is 136 Å². The van der Waals surface area contributed by atoms with Gasteiger partial charge >= 0.3 is 137 Å². The third kappa shape index (κ3) is 3.12. The molecular weight excluding hydrogens is 447 g/mol. The number of nitriles is 1. The van der Waals surface area contributed by atoms with Crippen molar-refractivity contribution in [3.05, 3.63) is 52.0 Å². The van der Waals surface area contributed by atoms with Crippen molar-refractivity contribution in [3.8, 4) is 4.97 Å². The van der Waals surface area contributed by atoms with E-state index in [9.17, 15) is 0 Å². The summed E-state index contributed by atoms with van der Waals surface area (Å²) in [6, 6.07) is 7.71. The van der Waals surface area contributed by atoms with Crippen LogP contribution in [-0.2, 0) is 0 Å². The van der Waals surface area contributed by atoms with Crippen LogP contribution in [0.1, 0.15) is 12.0 Å². The third-order valence-electron chi connectivity index (χ3n) is 2.59. The summed E-state index contributed by atoms with van der Waals surface area (Å²) < 4.78 is -0.195. The monoisotopic (exact) mass is 455 g/mol. The molecule has 1 aromatic rings. The Hall–Kier alpha value is 0.0195. The molecule has 0 bridgehead atoms. The van der Waals surface area contributed by atoms with Gasteiger partial charge in [-0.2, -0.15) is 0 Å². The number of halogens is 3. The van der Waals surface area contributed by atoms with E-state index < -0.39 is 0 Å². The van der Waals surface area contributed by atoms with Crippen LogP contribution in [0.5, 0.6) is 0 Å². The number of benzene rings is 1. The van der Waals surface area contributed by atoms with Crippen LogP contribution in [-0.4, -0.2) is 17.3 Å². The molecule has 0 spiro atoms. The minimum absolute atomic E-state index is 0.159. The number of nitrogens with zero attached hydrogens (tertiary/aromatic N) is 1. The Kier molecular flexibility index (Phi) is 4.80. The van der Waals surface area contributed by atoms with Crippen molar-refractivity contribution in [2.75, 3.05) is 0 Å². The second-order valence-corrected chi connectivity index (χ2v) is 10.5. The number of allylic oxidation sites excluding steroid dienone is 4. The molecule has 1 atom stereocenters. The van der Waals surface area contributed by atoms with E-state index in [1.165, 1.54) is 0 Å². The van der Waals surface area contributed by atoms with E-state index in [1.807, 2.05) is 36.4 Å². The quantitative estimate of drug-likeness (QED) is 0.365. The molecule has 0 aliphatic heterocycles. The van der Waals surface area contributed by atoms with Gasteiger partial charge in [0.1, 0.15) is 0 Å². The van der Waals surface area contributed by atoms with Crippen LogP contribution in [0.3, 0.4) is 0 Å². The number of hydrogen-bond donors (Lipinski definition) is 0. The molecule has 0 saturated heterocycles. The van der Waals surface area contributed by atoms with Gasteiger partial charge in [-0.1, -0.05) is 0 Å². The van der Waals surface area contributed by atoms with Gasteiger partial charge < -0.3 is 0 Å². The van der Waals surface area contributed by atoms with Crippen LogP contribution in [0.4, 0.5) is 0 Å². The maximum absolute atomic E-state index is 9.04. The number of rotatable bonds is 2. The molecule has 1 nitrogen and oxygen atoms in total. The first-order valence-electron chi connectivity index (χ1n) is 5.14. The summed E-state index contributed by atoms with van der Waals surface area (Å²) in [5, 5.41) is 10.6. The van der Waals surface area contributed by atoms with Crippen LogP contribution in [0.2, 0.25) is 5.02 Å². The summed E-state index contributed by atoms with van der Waals surface area (Å²) in [5.74, 6) is 0. The third-order valence-corrected chi connectivity index (χ3v) is 6.84. The Morgan fingerprint density at radius 2 is 1.89 bits per heavy atom. The van der Waals surface area contributed by atoms with Gasteiger partial charge in [0.15, 0.2) is 0 Å². The molecule has 1 aliphatic rings. The molecule has 5 heteroatoms. The van der Waals surface area contributed by atoms with E-state index in [1.54, 1.807) is 0 Å². The fourth-order valence-electron chi connectivity index (χ4n) is 1.77. The van der Waals surface area contributed by atoms with E-state index in [2.05, 4.69) is 27.6 Å². The van der Waals surface area contributed by atoms with Gasteiger partial charge in [0.2, 0.25) is 0 Å². The molecule has 1 aromatic carbocycles. The Morgan fingerprint density at radius 3 is 2.50 bits per heavy atom. The molecule has 0 amide bonds. The van der Waals surface area contributed by atoms with Crippen molar-refractivity contribution >= 4 is 66.3 Å². The summed E-state index contributed by atoms with van der Waals surface area (Å²) in [7, 11) is 0. The maximum atomic E-state index is 9.04. The summed E-state index contributed by atoms with van der Waals surface area (Å²) in [5.41, 5.74) is 2.26. The molecular formula is C13H8Cl2INSe. The fourth-order valence-corrected chi connectivity index (χ4v) is 5.38. The van der Waals surface area contributed by atoms with E-state index in [-0.39, 0.29) is 17.3 Å². The predicted octanol–water partition coefficient (Wildman–Crippen LogP) is 4.57. The molecule has 2 rings (SSSR count). The first kappa shape index (κ1) is 14.4. The summed E-state index contributed by atoms with van der Waals surface area (Å²) >= 11 is 14.2. The average Bonchev–Trinajstić information content (AvgIpc) is 2.31. The minimum atomic E-state index is -0.195. The summed E-state index contributed by atoms with van der Waals surface area (Å²) in [6.45, 7) is 0. The van der Waals surface area contributed by atoms with Crippen molar-refractivity contribution in [1.82, 2.24) is 0 Å². The van der Waals surface area contributed by atoms with Crippen molar-refractivity contribution in [2.45, 2.75) is 8.74 Å². The zero-order chi connectivity index (χ0) is 13.2. The average molecular weight is 455 g/mol. The zero-order valence-corrected chi connectivity index (χ0v) is 14.5. The molecule has 0 saturated carbocycles. The molecule has 0 N–H and O–H groups in total.